The van der Waals surface area contributed by atoms with Gasteiger partial charge in [-0.2, -0.15) is 0 Å². The predicted octanol–water partition coefficient (Wildman–Crippen LogP) is 4.91. The molecule has 1 atom stereocenters. The lowest BCUT2D eigenvalue weighted by Crippen LogP contribution is -1.98. The lowest BCUT2D eigenvalue weighted by molar-refractivity contribution is 0.524. The molecule has 2 rings (SSSR count). The number of hydrogen-bond acceptors (Lipinski definition) is 0. The van der Waals surface area contributed by atoms with Crippen molar-refractivity contribution >= 4 is 26.8 Å². The summed E-state index contributed by atoms with van der Waals surface area (Å²) >= 11 is 3.58. The molecule has 0 saturated heterocycles. The zero-order chi connectivity index (χ0) is 11.5. The summed E-state index contributed by atoms with van der Waals surface area (Å²) < 4.78 is 1.15. The van der Waals surface area contributed by atoms with E-state index in [9.17, 15) is 0 Å². The summed E-state index contributed by atoms with van der Waals surface area (Å²) in [6.07, 6.45) is 5.90. The summed E-state index contributed by atoms with van der Waals surface area (Å²) in [5.41, 5.74) is 2.67. The van der Waals surface area contributed by atoms with E-state index in [1.165, 1.54) is 35.7 Å². The quantitative estimate of drug-likeness (QED) is 0.819. The molecule has 2 aromatic rings. The Morgan fingerprint density at radius 2 is 2.19 bits per heavy atom. The van der Waals surface area contributed by atoms with E-state index in [0.717, 1.165) is 10.4 Å². The third-order valence-corrected chi connectivity index (χ3v) is 3.76. The lowest BCUT2D eigenvalue weighted by Gasteiger charge is -2.08. The Labute approximate surface area is 105 Å². The normalized spacial score (nSPS) is 13.2. The number of H-pyrrole nitrogens is 1. The Balaban J connectivity index is 2.28. The first-order chi connectivity index (χ1) is 7.72. The van der Waals surface area contributed by atoms with Crippen molar-refractivity contribution in [2.75, 3.05) is 0 Å². The number of aromatic amines is 1. The highest BCUT2D eigenvalue weighted by Crippen LogP contribution is 2.27. The van der Waals surface area contributed by atoms with Crippen LogP contribution in [0.25, 0.3) is 10.9 Å². The van der Waals surface area contributed by atoms with Crippen LogP contribution in [0.5, 0.6) is 0 Å². The number of benzene rings is 1. The number of nitrogens with one attached hydrogen (secondary N) is 1. The molecule has 0 fully saturated rings. The van der Waals surface area contributed by atoms with Crippen LogP contribution in [0, 0.1) is 5.92 Å². The summed E-state index contributed by atoms with van der Waals surface area (Å²) in [7, 11) is 0. The molecule has 1 aromatic carbocycles. The van der Waals surface area contributed by atoms with E-state index in [2.05, 4.69) is 59.2 Å². The standard InChI is InChI=1S/C14H18BrN/c1-3-5-10(2)8-11-9-16-14-12(11)6-4-7-13(14)15/h4,6-7,9-10,16H,3,5,8H2,1-2H3. The minimum Gasteiger partial charge on any atom is -0.360 e. The minimum atomic E-state index is 0.767. The van der Waals surface area contributed by atoms with Gasteiger partial charge in [-0.3, -0.25) is 0 Å². The molecule has 0 radical (unpaired) electrons. The molecule has 2 heteroatoms. The van der Waals surface area contributed by atoms with Gasteiger partial charge in [0.25, 0.3) is 0 Å². The molecule has 0 aliphatic rings. The molecule has 0 amide bonds. The Kier molecular flexibility index (Phi) is 3.70. The van der Waals surface area contributed by atoms with Crippen molar-refractivity contribution in [1.29, 1.82) is 0 Å². The summed E-state index contributed by atoms with van der Waals surface area (Å²) in [5.74, 6) is 0.767. The van der Waals surface area contributed by atoms with Crippen molar-refractivity contribution in [3.63, 3.8) is 0 Å². The van der Waals surface area contributed by atoms with E-state index in [1.807, 2.05) is 0 Å². The van der Waals surface area contributed by atoms with E-state index in [0.29, 0.717) is 0 Å². The van der Waals surface area contributed by atoms with Crippen LogP contribution < -0.4 is 0 Å². The summed E-state index contributed by atoms with van der Waals surface area (Å²) in [6, 6.07) is 6.39. The number of aromatic nitrogens is 1. The maximum absolute atomic E-state index is 3.58. The highest BCUT2D eigenvalue weighted by Gasteiger charge is 2.09. The van der Waals surface area contributed by atoms with Gasteiger partial charge >= 0.3 is 0 Å². The van der Waals surface area contributed by atoms with Crippen LogP contribution in [0.2, 0.25) is 0 Å². The first-order valence-electron chi connectivity index (χ1n) is 5.96. The maximum atomic E-state index is 3.58. The third kappa shape index (κ3) is 2.32. The molecule has 1 N–H and O–H groups in total. The van der Waals surface area contributed by atoms with Gasteiger partial charge in [0.2, 0.25) is 0 Å². The average Bonchev–Trinajstić information content (AvgIpc) is 2.64. The molecule has 0 spiro atoms. The Morgan fingerprint density at radius 1 is 1.38 bits per heavy atom. The topological polar surface area (TPSA) is 15.8 Å². The summed E-state index contributed by atoms with van der Waals surface area (Å²) in [4.78, 5) is 3.36. The van der Waals surface area contributed by atoms with Crippen molar-refractivity contribution in [3.8, 4) is 0 Å². The van der Waals surface area contributed by atoms with Crippen LogP contribution in [0.15, 0.2) is 28.9 Å². The van der Waals surface area contributed by atoms with Gasteiger partial charge in [0.1, 0.15) is 0 Å². The van der Waals surface area contributed by atoms with Crippen molar-refractivity contribution in [2.24, 2.45) is 5.92 Å². The van der Waals surface area contributed by atoms with E-state index in [4.69, 9.17) is 0 Å². The van der Waals surface area contributed by atoms with Gasteiger partial charge < -0.3 is 4.98 Å². The van der Waals surface area contributed by atoms with Crippen molar-refractivity contribution in [2.45, 2.75) is 33.1 Å². The molecular formula is C14H18BrN. The van der Waals surface area contributed by atoms with Crippen molar-refractivity contribution < 1.29 is 0 Å². The first-order valence-corrected chi connectivity index (χ1v) is 6.76. The zero-order valence-electron chi connectivity index (χ0n) is 9.89. The number of para-hydroxylation sites is 1. The van der Waals surface area contributed by atoms with Crippen molar-refractivity contribution in [1.82, 2.24) is 4.98 Å². The second kappa shape index (κ2) is 5.05. The average molecular weight is 280 g/mol. The first kappa shape index (κ1) is 11.7. The van der Waals surface area contributed by atoms with Crippen LogP contribution in [-0.4, -0.2) is 4.98 Å². The molecule has 1 nitrogen and oxygen atoms in total. The van der Waals surface area contributed by atoms with Gasteiger partial charge in [-0.05, 0) is 39.9 Å². The molecule has 86 valence electrons. The van der Waals surface area contributed by atoms with Gasteiger partial charge in [-0.15, -0.1) is 0 Å². The maximum Gasteiger partial charge on any atom is 0.0601 e. The van der Waals surface area contributed by atoms with Crippen LogP contribution >= 0.6 is 15.9 Å². The number of rotatable bonds is 4. The van der Waals surface area contributed by atoms with Crippen LogP contribution in [0.4, 0.5) is 0 Å². The fourth-order valence-corrected chi connectivity index (χ4v) is 2.80. The Bertz CT molecular complexity index is 473. The monoisotopic (exact) mass is 279 g/mol. The summed E-state index contributed by atoms with van der Waals surface area (Å²) in [6.45, 7) is 4.59. The summed E-state index contributed by atoms with van der Waals surface area (Å²) in [5, 5.41) is 1.36. The molecule has 1 heterocycles. The molecule has 0 saturated carbocycles. The van der Waals surface area contributed by atoms with E-state index in [1.54, 1.807) is 0 Å². The second-order valence-electron chi connectivity index (χ2n) is 4.57. The van der Waals surface area contributed by atoms with Gasteiger partial charge in [0.15, 0.2) is 0 Å². The van der Waals surface area contributed by atoms with Gasteiger partial charge in [0, 0.05) is 16.1 Å². The van der Waals surface area contributed by atoms with E-state index >= 15 is 0 Å². The van der Waals surface area contributed by atoms with Gasteiger partial charge in [0.05, 0.1) is 5.52 Å². The molecule has 1 aromatic heterocycles. The Hall–Kier alpha value is -0.760. The van der Waals surface area contributed by atoms with Gasteiger partial charge in [-0.1, -0.05) is 38.8 Å². The van der Waals surface area contributed by atoms with E-state index in [-0.39, 0.29) is 0 Å². The second-order valence-corrected chi connectivity index (χ2v) is 5.43. The molecule has 0 aliphatic carbocycles. The molecule has 1 unspecified atom stereocenters. The highest BCUT2D eigenvalue weighted by atomic mass is 79.9. The van der Waals surface area contributed by atoms with Crippen LogP contribution in [0.1, 0.15) is 32.3 Å². The van der Waals surface area contributed by atoms with Crippen LogP contribution in [-0.2, 0) is 6.42 Å². The number of hydrogen-bond donors (Lipinski definition) is 1. The zero-order valence-corrected chi connectivity index (χ0v) is 11.5. The van der Waals surface area contributed by atoms with Crippen LogP contribution in [0.3, 0.4) is 0 Å². The number of fused-ring (bicyclic) bond motifs is 1. The Morgan fingerprint density at radius 3 is 2.94 bits per heavy atom. The molecular weight excluding hydrogens is 262 g/mol. The lowest BCUT2D eigenvalue weighted by atomic mass is 9.97. The van der Waals surface area contributed by atoms with E-state index < -0.39 is 0 Å². The van der Waals surface area contributed by atoms with Crippen molar-refractivity contribution in [3.05, 3.63) is 34.4 Å². The molecule has 0 bridgehead atoms. The predicted molar refractivity (Wildman–Crippen MR) is 73.8 cm³/mol. The third-order valence-electron chi connectivity index (χ3n) is 3.10. The number of halogens is 1. The molecule has 16 heavy (non-hydrogen) atoms. The largest absolute Gasteiger partial charge is 0.360 e. The van der Waals surface area contributed by atoms with Gasteiger partial charge in [-0.25, -0.2) is 0 Å². The minimum absolute atomic E-state index is 0.767. The SMILES string of the molecule is CCCC(C)Cc1c[nH]c2c(Br)cccc12. The smallest absolute Gasteiger partial charge is 0.0601 e. The highest BCUT2D eigenvalue weighted by molar-refractivity contribution is 9.10. The molecule has 0 aliphatic heterocycles. The fourth-order valence-electron chi connectivity index (χ4n) is 2.31. The fraction of sp³-hybridized carbons (Fsp3) is 0.429.